The topological polar surface area (TPSA) is 95.2 Å². The number of benzene rings is 1. The Labute approximate surface area is 153 Å². The van der Waals surface area contributed by atoms with E-state index in [9.17, 15) is 14.9 Å². The molecule has 0 bridgehead atoms. The fourth-order valence-corrected chi connectivity index (χ4v) is 3.87. The molecule has 7 nitrogen and oxygen atoms in total. The normalized spacial score (nSPS) is 18.7. The summed E-state index contributed by atoms with van der Waals surface area (Å²) in [4.78, 5) is 31.0. The summed E-state index contributed by atoms with van der Waals surface area (Å²) in [6.07, 6.45) is 1.07. The number of fused-ring (bicyclic) bond motifs is 1. The standard InChI is InChI=1S/C16H13Cl2N3O4/c1-25-14(22)16(7-6-9-4-2-3-5-10(9)16)8-11-12(21(23)24)13(17)20-15(18)19-11/h2-5H,6-8H2,1H3. The quantitative estimate of drug-likeness (QED) is 0.265. The maximum absolute atomic E-state index is 12.7. The van der Waals surface area contributed by atoms with Crippen LogP contribution in [0.5, 0.6) is 0 Å². The second-order valence-corrected chi connectivity index (χ2v) is 6.44. The van der Waals surface area contributed by atoms with Crippen molar-refractivity contribution in [1.82, 2.24) is 9.97 Å². The van der Waals surface area contributed by atoms with E-state index in [0.717, 1.165) is 11.1 Å². The molecule has 0 saturated heterocycles. The van der Waals surface area contributed by atoms with Gasteiger partial charge in [-0.25, -0.2) is 4.98 Å². The number of hydrogen-bond acceptors (Lipinski definition) is 6. The molecule has 1 unspecified atom stereocenters. The van der Waals surface area contributed by atoms with Crippen molar-refractivity contribution in [1.29, 1.82) is 0 Å². The molecule has 1 heterocycles. The van der Waals surface area contributed by atoms with E-state index in [-0.39, 0.29) is 22.6 Å². The Morgan fingerprint density at radius 2 is 2.08 bits per heavy atom. The summed E-state index contributed by atoms with van der Waals surface area (Å²) in [5, 5.41) is 10.8. The first-order chi connectivity index (χ1) is 11.9. The van der Waals surface area contributed by atoms with Crippen molar-refractivity contribution in [3.05, 3.63) is 61.6 Å². The van der Waals surface area contributed by atoms with E-state index < -0.39 is 22.0 Å². The van der Waals surface area contributed by atoms with Crippen LogP contribution >= 0.6 is 23.2 Å². The molecule has 1 aromatic carbocycles. The molecule has 0 N–H and O–H groups in total. The van der Waals surface area contributed by atoms with Crippen molar-refractivity contribution in [2.24, 2.45) is 0 Å². The van der Waals surface area contributed by atoms with Gasteiger partial charge in [0.05, 0.1) is 17.4 Å². The highest BCUT2D eigenvalue weighted by molar-refractivity contribution is 6.33. The maximum Gasteiger partial charge on any atom is 0.327 e. The first-order valence-corrected chi connectivity index (χ1v) is 8.18. The third kappa shape index (κ3) is 2.94. The molecule has 1 atom stereocenters. The molecule has 130 valence electrons. The van der Waals surface area contributed by atoms with Crippen LogP contribution in [-0.2, 0) is 27.8 Å². The maximum atomic E-state index is 12.7. The molecular weight excluding hydrogens is 369 g/mol. The van der Waals surface area contributed by atoms with Crippen LogP contribution in [0.25, 0.3) is 0 Å². The number of nitro groups is 1. The zero-order valence-electron chi connectivity index (χ0n) is 13.2. The molecule has 1 aliphatic rings. The van der Waals surface area contributed by atoms with Crippen LogP contribution in [0.15, 0.2) is 24.3 Å². The number of carbonyl (C=O) groups is 1. The average molecular weight is 382 g/mol. The minimum atomic E-state index is -1.07. The Bertz CT molecular complexity index is 874. The zero-order valence-corrected chi connectivity index (χ0v) is 14.7. The lowest BCUT2D eigenvalue weighted by atomic mass is 9.77. The van der Waals surface area contributed by atoms with Crippen molar-refractivity contribution in [3.8, 4) is 0 Å². The zero-order chi connectivity index (χ0) is 18.2. The molecule has 0 amide bonds. The van der Waals surface area contributed by atoms with Crippen molar-refractivity contribution >= 4 is 34.9 Å². The molecule has 3 rings (SSSR count). The van der Waals surface area contributed by atoms with Crippen LogP contribution in [-0.4, -0.2) is 28.0 Å². The van der Waals surface area contributed by atoms with Crippen molar-refractivity contribution < 1.29 is 14.5 Å². The highest BCUT2D eigenvalue weighted by atomic mass is 35.5. The number of halogens is 2. The van der Waals surface area contributed by atoms with Gasteiger partial charge in [0.25, 0.3) is 0 Å². The van der Waals surface area contributed by atoms with E-state index in [2.05, 4.69) is 9.97 Å². The summed E-state index contributed by atoms with van der Waals surface area (Å²) in [6.45, 7) is 0. The Morgan fingerprint density at radius 3 is 2.76 bits per heavy atom. The molecule has 0 aliphatic heterocycles. The first-order valence-electron chi connectivity index (χ1n) is 7.42. The molecule has 0 spiro atoms. The number of nitrogens with zero attached hydrogens (tertiary/aromatic N) is 3. The predicted octanol–water partition coefficient (Wildman–Crippen LogP) is 3.29. The SMILES string of the molecule is COC(=O)C1(Cc2nc(Cl)nc(Cl)c2[N+](=O)[O-])CCc2ccccc21. The van der Waals surface area contributed by atoms with Crippen molar-refractivity contribution in [2.75, 3.05) is 7.11 Å². The summed E-state index contributed by atoms with van der Waals surface area (Å²) in [5.41, 5.74) is 0.275. The van der Waals surface area contributed by atoms with Crippen LogP contribution in [0.1, 0.15) is 23.2 Å². The molecule has 25 heavy (non-hydrogen) atoms. The van der Waals surface area contributed by atoms with Gasteiger partial charge in [-0.3, -0.25) is 14.9 Å². The molecule has 0 radical (unpaired) electrons. The lowest BCUT2D eigenvalue weighted by Crippen LogP contribution is -2.37. The highest BCUT2D eigenvalue weighted by Gasteiger charge is 2.48. The Kier molecular flexibility index (Phi) is 4.62. The lowest BCUT2D eigenvalue weighted by molar-refractivity contribution is -0.386. The second-order valence-electron chi connectivity index (χ2n) is 5.74. The number of rotatable bonds is 4. The van der Waals surface area contributed by atoms with Gasteiger partial charge >= 0.3 is 11.7 Å². The van der Waals surface area contributed by atoms with Gasteiger partial charge in [-0.2, -0.15) is 4.98 Å². The van der Waals surface area contributed by atoms with E-state index >= 15 is 0 Å². The third-order valence-electron chi connectivity index (χ3n) is 4.47. The van der Waals surface area contributed by atoms with Gasteiger partial charge in [0, 0.05) is 6.42 Å². The summed E-state index contributed by atoms with van der Waals surface area (Å²) < 4.78 is 5.01. The van der Waals surface area contributed by atoms with Gasteiger partial charge in [0.1, 0.15) is 5.69 Å². The first kappa shape index (κ1) is 17.6. The Balaban J connectivity index is 2.17. The van der Waals surface area contributed by atoms with E-state index in [4.69, 9.17) is 27.9 Å². The van der Waals surface area contributed by atoms with Gasteiger partial charge < -0.3 is 4.74 Å². The van der Waals surface area contributed by atoms with Gasteiger partial charge in [0.15, 0.2) is 0 Å². The Hall–Kier alpha value is -2.25. The van der Waals surface area contributed by atoms with Gasteiger partial charge in [-0.15, -0.1) is 0 Å². The molecule has 2 aromatic rings. The minimum Gasteiger partial charge on any atom is -0.468 e. The number of aryl methyl sites for hydroxylation is 1. The molecule has 1 aromatic heterocycles. The van der Waals surface area contributed by atoms with Crippen LogP contribution in [0.4, 0.5) is 5.69 Å². The molecular formula is C16H13Cl2N3O4. The summed E-state index contributed by atoms with van der Waals surface area (Å²) in [7, 11) is 1.29. The van der Waals surface area contributed by atoms with Crippen LogP contribution in [0.2, 0.25) is 10.4 Å². The largest absolute Gasteiger partial charge is 0.468 e. The van der Waals surface area contributed by atoms with Crippen LogP contribution in [0, 0.1) is 10.1 Å². The van der Waals surface area contributed by atoms with Crippen LogP contribution in [0.3, 0.4) is 0 Å². The summed E-state index contributed by atoms with van der Waals surface area (Å²) >= 11 is 11.7. The van der Waals surface area contributed by atoms with Gasteiger partial charge in [-0.1, -0.05) is 35.9 Å². The Morgan fingerprint density at radius 1 is 1.36 bits per heavy atom. The van der Waals surface area contributed by atoms with Gasteiger partial charge in [-0.05, 0) is 35.6 Å². The molecule has 0 fully saturated rings. The highest BCUT2D eigenvalue weighted by Crippen LogP contribution is 2.44. The van der Waals surface area contributed by atoms with Gasteiger partial charge in [0.2, 0.25) is 10.4 Å². The number of aromatic nitrogens is 2. The smallest absolute Gasteiger partial charge is 0.327 e. The van der Waals surface area contributed by atoms with E-state index in [1.165, 1.54) is 7.11 Å². The minimum absolute atomic E-state index is 0.0112. The van der Waals surface area contributed by atoms with Crippen LogP contribution < -0.4 is 0 Å². The van der Waals surface area contributed by atoms with Crippen molar-refractivity contribution in [2.45, 2.75) is 24.7 Å². The second kappa shape index (κ2) is 6.57. The van der Waals surface area contributed by atoms with E-state index in [0.29, 0.717) is 12.8 Å². The number of esters is 1. The monoisotopic (exact) mass is 381 g/mol. The predicted molar refractivity (Wildman–Crippen MR) is 90.9 cm³/mol. The fraction of sp³-hybridized carbons (Fsp3) is 0.312. The molecule has 1 aliphatic carbocycles. The average Bonchev–Trinajstić information content (AvgIpc) is 2.93. The summed E-state index contributed by atoms with van der Waals surface area (Å²) in [5.74, 6) is -0.474. The summed E-state index contributed by atoms with van der Waals surface area (Å²) in [6, 6.07) is 7.45. The van der Waals surface area contributed by atoms with Crippen molar-refractivity contribution in [3.63, 3.8) is 0 Å². The van der Waals surface area contributed by atoms with E-state index in [1.54, 1.807) is 0 Å². The number of carbonyl (C=O) groups excluding carboxylic acids is 1. The van der Waals surface area contributed by atoms with E-state index in [1.807, 2.05) is 24.3 Å². The number of ether oxygens (including phenoxy) is 1. The molecule has 0 saturated carbocycles. The fourth-order valence-electron chi connectivity index (χ4n) is 3.38. The number of hydrogen-bond donors (Lipinski definition) is 0. The number of methoxy groups -OCH3 is 1. The molecule has 9 heteroatoms. The lowest BCUT2D eigenvalue weighted by Gasteiger charge is -2.27. The third-order valence-corrected chi connectivity index (χ3v) is 4.90.